The number of hydrogen-bond acceptors (Lipinski definition) is 4. The summed E-state index contributed by atoms with van der Waals surface area (Å²) in [5, 5.41) is 8.04. The van der Waals surface area contributed by atoms with Crippen molar-refractivity contribution < 1.29 is 4.74 Å². The Labute approximate surface area is 172 Å². The molecule has 28 heavy (non-hydrogen) atoms. The lowest BCUT2D eigenvalue weighted by atomic mass is 10.0. The van der Waals surface area contributed by atoms with Crippen LogP contribution in [0.1, 0.15) is 37.8 Å². The fourth-order valence-corrected chi connectivity index (χ4v) is 3.21. The molecule has 0 amide bonds. The third-order valence-corrected chi connectivity index (χ3v) is 5.02. The van der Waals surface area contributed by atoms with Gasteiger partial charge in [-0.3, -0.25) is 5.43 Å². The molecule has 2 aromatic carbocycles. The lowest BCUT2D eigenvalue weighted by Crippen LogP contribution is -2.36. The van der Waals surface area contributed by atoms with E-state index in [0.29, 0.717) is 11.0 Å². The van der Waals surface area contributed by atoms with Gasteiger partial charge in [-0.05, 0) is 60.5 Å². The van der Waals surface area contributed by atoms with Crippen molar-refractivity contribution in [3.63, 3.8) is 0 Å². The van der Waals surface area contributed by atoms with Gasteiger partial charge < -0.3 is 15.0 Å². The summed E-state index contributed by atoms with van der Waals surface area (Å²) in [7, 11) is 0. The Morgan fingerprint density at radius 2 is 1.68 bits per heavy atom. The molecule has 0 atom stereocenters. The van der Waals surface area contributed by atoms with Crippen LogP contribution in [-0.4, -0.2) is 37.1 Å². The van der Waals surface area contributed by atoms with E-state index >= 15 is 0 Å². The monoisotopic (exact) mass is 396 g/mol. The van der Waals surface area contributed by atoms with Crippen LogP contribution in [0, 0.1) is 0 Å². The number of anilines is 2. The minimum atomic E-state index is 0.474. The summed E-state index contributed by atoms with van der Waals surface area (Å²) in [6.07, 6.45) is 0. The smallest absolute Gasteiger partial charge is 0.191 e. The van der Waals surface area contributed by atoms with E-state index in [4.69, 9.17) is 17.0 Å². The van der Waals surface area contributed by atoms with E-state index in [9.17, 15) is 0 Å². The summed E-state index contributed by atoms with van der Waals surface area (Å²) in [5.41, 5.74) is 8.34. The van der Waals surface area contributed by atoms with E-state index in [0.717, 1.165) is 43.3 Å². The second-order valence-electron chi connectivity index (χ2n) is 7.19. The third kappa shape index (κ3) is 5.53. The van der Waals surface area contributed by atoms with Crippen molar-refractivity contribution in [3.8, 4) is 0 Å². The highest BCUT2D eigenvalue weighted by Gasteiger charge is 2.11. The SMILES string of the molecule is CC(=NNC(=S)Nc1ccc(C(C)C)cc1)c1ccc(N2CCOCC2)cc1. The number of benzene rings is 2. The molecule has 148 valence electrons. The molecule has 3 rings (SSSR count). The Morgan fingerprint density at radius 3 is 2.29 bits per heavy atom. The molecule has 1 heterocycles. The summed E-state index contributed by atoms with van der Waals surface area (Å²) < 4.78 is 5.41. The number of morpholine rings is 1. The highest BCUT2D eigenvalue weighted by atomic mass is 32.1. The van der Waals surface area contributed by atoms with Gasteiger partial charge in [-0.15, -0.1) is 0 Å². The molecular formula is C22H28N4OS. The highest BCUT2D eigenvalue weighted by Crippen LogP contribution is 2.18. The Hall–Kier alpha value is -2.44. The summed E-state index contributed by atoms with van der Waals surface area (Å²) in [6, 6.07) is 16.7. The fourth-order valence-electron chi connectivity index (χ4n) is 3.04. The molecule has 5 nitrogen and oxygen atoms in total. The Bertz CT molecular complexity index is 809. The molecule has 0 saturated carbocycles. The van der Waals surface area contributed by atoms with Crippen LogP contribution in [0.25, 0.3) is 0 Å². The van der Waals surface area contributed by atoms with Crippen molar-refractivity contribution in [2.45, 2.75) is 26.7 Å². The van der Waals surface area contributed by atoms with Gasteiger partial charge in [-0.1, -0.05) is 38.1 Å². The maximum absolute atomic E-state index is 5.41. The zero-order valence-corrected chi connectivity index (χ0v) is 17.6. The predicted molar refractivity (Wildman–Crippen MR) is 122 cm³/mol. The largest absolute Gasteiger partial charge is 0.378 e. The molecule has 1 aliphatic rings. The first kappa shape index (κ1) is 20.3. The number of nitrogens with one attached hydrogen (secondary N) is 2. The molecule has 1 fully saturated rings. The van der Waals surface area contributed by atoms with Crippen LogP contribution >= 0.6 is 12.2 Å². The van der Waals surface area contributed by atoms with Gasteiger partial charge in [0.15, 0.2) is 5.11 Å². The minimum Gasteiger partial charge on any atom is -0.378 e. The lowest BCUT2D eigenvalue weighted by molar-refractivity contribution is 0.122. The minimum absolute atomic E-state index is 0.474. The summed E-state index contributed by atoms with van der Waals surface area (Å²) in [4.78, 5) is 2.33. The summed E-state index contributed by atoms with van der Waals surface area (Å²) in [6.45, 7) is 9.78. The van der Waals surface area contributed by atoms with Gasteiger partial charge in [-0.25, -0.2) is 0 Å². The molecule has 0 spiro atoms. The normalized spacial score (nSPS) is 14.9. The molecule has 1 saturated heterocycles. The average molecular weight is 397 g/mol. The number of ether oxygens (including phenoxy) is 1. The van der Waals surface area contributed by atoms with Crippen LogP contribution in [-0.2, 0) is 4.74 Å². The molecule has 0 radical (unpaired) electrons. The van der Waals surface area contributed by atoms with Crippen LogP contribution in [0.2, 0.25) is 0 Å². The number of hydrogen-bond donors (Lipinski definition) is 2. The maximum Gasteiger partial charge on any atom is 0.191 e. The van der Waals surface area contributed by atoms with Crippen molar-refractivity contribution in [2.24, 2.45) is 5.10 Å². The highest BCUT2D eigenvalue weighted by molar-refractivity contribution is 7.80. The average Bonchev–Trinajstić information content (AvgIpc) is 2.73. The van der Waals surface area contributed by atoms with E-state index in [2.05, 4.69) is 71.0 Å². The van der Waals surface area contributed by atoms with Crippen molar-refractivity contribution >= 4 is 34.4 Å². The standard InChI is InChI=1S/C22H28N4OS/c1-16(2)18-4-8-20(9-5-18)23-22(28)25-24-17(3)19-6-10-21(11-7-19)26-12-14-27-15-13-26/h4-11,16H,12-15H2,1-3H3,(H2,23,25,28). The number of rotatable bonds is 5. The van der Waals surface area contributed by atoms with Gasteiger partial charge in [0.05, 0.1) is 18.9 Å². The van der Waals surface area contributed by atoms with E-state index in [-0.39, 0.29) is 0 Å². The Balaban J connectivity index is 1.54. The van der Waals surface area contributed by atoms with Gasteiger partial charge >= 0.3 is 0 Å². The van der Waals surface area contributed by atoms with Gasteiger partial charge in [0.25, 0.3) is 0 Å². The van der Waals surface area contributed by atoms with Crippen LogP contribution in [0.15, 0.2) is 53.6 Å². The van der Waals surface area contributed by atoms with Crippen LogP contribution in [0.4, 0.5) is 11.4 Å². The number of thiocarbonyl (C=S) groups is 1. The maximum atomic E-state index is 5.41. The van der Waals surface area contributed by atoms with Crippen LogP contribution < -0.4 is 15.6 Å². The van der Waals surface area contributed by atoms with Crippen LogP contribution in [0.3, 0.4) is 0 Å². The molecule has 2 N–H and O–H groups in total. The van der Waals surface area contributed by atoms with Crippen molar-refractivity contribution in [1.82, 2.24) is 5.43 Å². The first-order valence-corrected chi connectivity index (χ1v) is 10.1. The fraction of sp³-hybridized carbons (Fsp3) is 0.364. The summed E-state index contributed by atoms with van der Waals surface area (Å²) in [5.74, 6) is 0.515. The summed E-state index contributed by atoms with van der Waals surface area (Å²) >= 11 is 5.35. The quantitative estimate of drug-likeness (QED) is 0.447. The molecular weight excluding hydrogens is 368 g/mol. The second-order valence-corrected chi connectivity index (χ2v) is 7.59. The molecule has 1 aliphatic heterocycles. The van der Waals surface area contributed by atoms with E-state index in [1.807, 2.05) is 19.1 Å². The van der Waals surface area contributed by atoms with Crippen LogP contribution in [0.5, 0.6) is 0 Å². The first-order valence-electron chi connectivity index (χ1n) is 9.67. The van der Waals surface area contributed by atoms with Gasteiger partial charge in [-0.2, -0.15) is 5.10 Å². The topological polar surface area (TPSA) is 48.9 Å². The van der Waals surface area contributed by atoms with E-state index in [1.54, 1.807) is 0 Å². The molecule has 6 heteroatoms. The molecule has 2 aromatic rings. The Kier molecular flexibility index (Phi) is 7.01. The number of hydrazone groups is 1. The third-order valence-electron chi connectivity index (χ3n) is 4.82. The molecule has 0 unspecified atom stereocenters. The van der Waals surface area contributed by atoms with Gasteiger partial charge in [0, 0.05) is 24.5 Å². The lowest BCUT2D eigenvalue weighted by Gasteiger charge is -2.28. The Morgan fingerprint density at radius 1 is 1.04 bits per heavy atom. The number of nitrogens with zero attached hydrogens (tertiary/aromatic N) is 2. The van der Waals surface area contributed by atoms with Crippen molar-refractivity contribution in [1.29, 1.82) is 0 Å². The molecule has 0 bridgehead atoms. The van der Waals surface area contributed by atoms with E-state index < -0.39 is 0 Å². The zero-order chi connectivity index (χ0) is 19.9. The second kappa shape index (κ2) is 9.66. The molecule has 0 aromatic heterocycles. The van der Waals surface area contributed by atoms with Gasteiger partial charge in [0.2, 0.25) is 0 Å². The molecule has 0 aliphatic carbocycles. The zero-order valence-electron chi connectivity index (χ0n) is 16.7. The first-order chi connectivity index (χ1) is 13.5. The van der Waals surface area contributed by atoms with Gasteiger partial charge in [0.1, 0.15) is 0 Å². The predicted octanol–water partition coefficient (Wildman–Crippen LogP) is 4.36. The van der Waals surface area contributed by atoms with E-state index in [1.165, 1.54) is 11.3 Å². The van der Waals surface area contributed by atoms with Crippen molar-refractivity contribution in [3.05, 3.63) is 59.7 Å². The van der Waals surface area contributed by atoms with Crippen molar-refractivity contribution in [2.75, 3.05) is 36.5 Å².